The number of fused-ring (bicyclic) bond motifs is 1. The summed E-state index contributed by atoms with van der Waals surface area (Å²) >= 11 is 0. The van der Waals surface area contributed by atoms with Crippen LogP contribution in [-0.4, -0.2) is 28.0 Å². The van der Waals surface area contributed by atoms with E-state index in [1.165, 1.54) is 6.33 Å². The summed E-state index contributed by atoms with van der Waals surface area (Å²) in [5, 5.41) is 4.16. The molecule has 0 aliphatic rings. The Bertz CT molecular complexity index is 422. The Labute approximate surface area is 88.1 Å². The molecule has 0 saturated carbocycles. The number of aromatic nitrogens is 3. The van der Waals surface area contributed by atoms with Gasteiger partial charge in [-0.3, -0.25) is 0 Å². The standard InChI is InChI=1S/C10H14N5/c11-4-1-2-5-12-9-8-3-6-13-10(8)15-7-14-9/h6-7H,1-2,4-5,11H2,(H2,12,13,14,15). The van der Waals surface area contributed by atoms with E-state index in [1.807, 2.05) is 0 Å². The Hall–Kier alpha value is -1.62. The van der Waals surface area contributed by atoms with Gasteiger partial charge in [0.2, 0.25) is 0 Å². The highest BCUT2D eigenvalue weighted by atomic mass is 15.0. The number of H-pyrrole nitrogens is 1. The Morgan fingerprint density at radius 1 is 1.40 bits per heavy atom. The van der Waals surface area contributed by atoms with Crippen molar-refractivity contribution in [3.05, 3.63) is 18.6 Å². The van der Waals surface area contributed by atoms with Crippen molar-refractivity contribution < 1.29 is 0 Å². The van der Waals surface area contributed by atoms with E-state index in [9.17, 15) is 0 Å². The van der Waals surface area contributed by atoms with E-state index >= 15 is 0 Å². The summed E-state index contributed by atoms with van der Waals surface area (Å²) in [5.41, 5.74) is 6.23. The molecule has 0 atom stereocenters. The lowest BCUT2D eigenvalue weighted by molar-refractivity contribution is 0.773. The maximum absolute atomic E-state index is 5.42. The number of nitrogens with two attached hydrogens (primary N) is 1. The third kappa shape index (κ3) is 2.24. The highest BCUT2D eigenvalue weighted by Gasteiger charge is 2.02. The Morgan fingerprint density at radius 3 is 3.20 bits per heavy atom. The summed E-state index contributed by atoms with van der Waals surface area (Å²) in [7, 11) is 0. The van der Waals surface area contributed by atoms with Crippen molar-refractivity contribution in [2.24, 2.45) is 5.73 Å². The van der Waals surface area contributed by atoms with Gasteiger partial charge >= 0.3 is 0 Å². The summed E-state index contributed by atoms with van der Waals surface area (Å²) in [6.07, 6.45) is 5.35. The zero-order valence-corrected chi connectivity index (χ0v) is 8.45. The highest BCUT2D eigenvalue weighted by molar-refractivity contribution is 5.85. The molecule has 2 aromatic rings. The molecule has 0 bridgehead atoms. The molecule has 0 aliphatic carbocycles. The van der Waals surface area contributed by atoms with Gasteiger partial charge in [0.05, 0.1) is 5.39 Å². The van der Waals surface area contributed by atoms with Gasteiger partial charge in [-0.2, -0.15) is 0 Å². The first-order valence-electron chi connectivity index (χ1n) is 5.05. The van der Waals surface area contributed by atoms with Crippen LogP contribution in [0.15, 0.2) is 12.5 Å². The summed E-state index contributed by atoms with van der Waals surface area (Å²) in [6.45, 7) is 1.61. The third-order valence-corrected chi connectivity index (χ3v) is 2.20. The van der Waals surface area contributed by atoms with Crippen LogP contribution in [0.25, 0.3) is 11.0 Å². The SMILES string of the molecule is NCCCCNc1ncnc2[nH]c[c]c12. The van der Waals surface area contributed by atoms with Gasteiger partial charge in [-0.05, 0) is 19.4 Å². The number of hydrogen-bond acceptors (Lipinski definition) is 4. The minimum atomic E-state index is 0.733. The topological polar surface area (TPSA) is 79.6 Å². The molecule has 0 spiro atoms. The van der Waals surface area contributed by atoms with E-state index in [0.29, 0.717) is 0 Å². The first-order chi connectivity index (χ1) is 7.42. The van der Waals surface area contributed by atoms with Gasteiger partial charge in [-0.15, -0.1) is 0 Å². The monoisotopic (exact) mass is 204 g/mol. The van der Waals surface area contributed by atoms with Gasteiger partial charge in [-0.1, -0.05) is 0 Å². The molecule has 0 unspecified atom stereocenters. The van der Waals surface area contributed by atoms with Gasteiger partial charge in [0.25, 0.3) is 0 Å². The molecule has 79 valence electrons. The summed E-state index contributed by atoms with van der Waals surface area (Å²) in [4.78, 5) is 11.3. The van der Waals surface area contributed by atoms with E-state index in [1.54, 1.807) is 6.20 Å². The number of nitrogens with zero attached hydrogens (tertiary/aromatic N) is 2. The van der Waals surface area contributed by atoms with Gasteiger partial charge in [0, 0.05) is 18.8 Å². The average Bonchev–Trinajstić information content (AvgIpc) is 2.73. The van der Waals surface area contributed by atoms with Gasteiger partial charge in [-0.25, -0.2) is 9.97 Å². The Balaban J connectivity index is 2.04. The molecule has 0 aliphatic heterocycles. The molecule has 2 heterocycles. The van der Waals surface area contributed by atoms with Gasteiger partial charge in [0.15, 0.2) is 0 Å². The van der Waals surface area contributed by atoms with E-state index < -0.39 is 0 Å². The largest absolute Gasteiger partial charge is 0.369 e. The molecular formula is C10H14N5. The van der Waals surface area contributed by atoms with E-state index in [4.69, 9.17) is 5.73 Å². The molecular weight excluding hydrogens is 190 g/mol. The van der Waals surface area contributed by atoms with Crippen molar-refractivity contribution in [1.29, 1.82) is 0 Å². The number of hydrogen-bond donors (Lipinski definition) is 3. The number of rotatable bonds is 5. The van der Waals surface area contributed by atoms with Gasteiger partial charge in [0.1, 0.15) is 17.8 Å². The molecule has 5 heteroatoms. The van der Waals surface area contributed by atoms with Crippen LogP contribution in [0, 0.1) is 6.07 Å². The predicted octanol–water partition coefficient (Wildman–Crippen LogP) is 0.909. The average molecular weight is 204 g/mol. The van der Waals surface area contributed by atoms with Crippen molar-refractivity contribution in [1.82, 2.24) is 15.0 Å². The number of anilines is 1. The quantitative estimate of drug-likeness (QED) is 0.632. The van der Waals surface area contributed by atoms with Crippen molar-refractivity contribution in [3.8, 4) is 0 Å². The van der Waals surface area contributed by atoms with Crippen molar-refractivity contribution >= 4 is 16.9 Å². The van der Waals surface area contributed by atoms with E-state index in [2.05, 4.69) is 26.3 Å². The van der Waals surface area contributed by atoms with Crippen molar-refractivity contribution in [3.63, 3.8) is 0 Å². The summed E-state index contributed by atoms with van der Waals surface area (Å²) in [6, 6.07) is 3.06. The number of aromatic amines is 1. The lowest BCUT2D eigenvalue weighted by Gasteiger charge is -2.04. The van der Waals surface area contributed by atoms with Crippen molar-refractivity contribution in [2.75, 3.05) is 18.4 Å². The molecule has 2 aromatic heterocycles. The van der Waals surface area contributed by atoms with Crippen LogP contribution in [0.4, 0.5) is 5.82 Å². The summed E-state index contributed by atoms with van der Waals surface area (Å²) < 4.78 is 0. The fourth-order valence-electron chi connectivity index (χ4n) is 1.42. The van der Waals surface area contributed by atoms with Crippen LogP contribution in [0.2, 0.25) is 0 Å². The highest BCUT2D eigenvalue weighted by Crippen LogP contribution is 2.16. The summed E-state index contributed by atoms with van der Waals surface area (Å²) in [5.74, 6) is 0.832. The minimum absolute atomic E-state index is 0.733. The molecule has 4 N–H and O–H groups in total. The second-order valence-corrected chi connectivity index (χ2v) is 3.30. The maximum atomic E-state index is 5.42. The first kappa shape index (κ1) is 9.92. The van der Waals surface area contributed by atoms with Crippen LogP contribution in [0.3, 0.4) is 0 Å². The number of nitrogens with one attached hydrogen (secondary N) is 2. The fraction of sp³-hybridized carbons (Fsp3) is 0.400. The lowest BCUT2D eigenvalue weighted by atomic mass is 10.3. The molecule has 0 aromatic carbocycles. The van der Waals surface area contributed by atoms with Gasteiger partial charge < -0.3 is 16.0 Å². The second-order valence-electron chi connectivity index (χ2n) is 3.30. The normalized spacial score (nSPS) is 10.7. The van der Waals surface area contributed by atoms with Crippen LogP contribution in [0.1, 0.15) is 12.8 Å². The van der Waals surface area contributed by atoms with E-state index in [0.717, 1.165) is 42.8 Å². The maximum Gasteiger partial charge on any atom is 0.143 e. The van der Waals surface area contributed by atoms with Crippen LogP contribution in [-0.2, 0) is 0 Å². The lowest BCUT2D eigenvalue weighted by Crippen LogP contribution is -2.07. The molecule has 1 radical (unpaired) electrons. The van der Waals surface area contributed by atoms with Crippen LogP contribution < -0.4 is 11.1 Å². The molecule has 2 rings (SSSR count). The molecule has 15 heavy (non-hydrogen) atoms. The Kier molecular flexibility index (Phi) is 3.14. The fourth-order valence-corrected chi connectivity index (χ4v) is 1.42. The van der Waals surface area contributed by atoms with E-state index in [-0.39, 0.29) is 0 Å². The molecule has 5 nitrogen and oxygen atoms in total. The second kappa shape index (κ2) is 4.75. The number of unbranched alkanes of at least 4 members (excludes halogenated alkanes) is 1. The first-order valence-corrected chi connectivity index (χ1v) is 5.05. The minimum Gasteiger partial charge on any atom is -0.369 e. The molecule has 0 saturated heterocycles. The molecule has 0 amide bonds. The Morgan fingerprint density at radius 2 is 2.33 bits per heavy atom. The van der Waals surface area contributed by atoms with Crippen LogP contribution in [0.5, 0.6) is 0 Å². The third-order valence-electron chi connectivity index (χ3n) is 2.20. The smallest absolute Gasteiger partial charge is 0.143 e. The predicted molar refractivity (Wildman–Crippen MR) is 59.5 cm³/mol. The van der Waals surface area contributed by atoms with Crippen LogP contribution >= 0.6 is 0 Å². The zero-order valence-electron chi connectivity index (χ0n) is 8.45. The van der Waals surface area contributed by atoms with Crippen molar-refractivity contribution in [2.45, 2.75) is 12.8 Å². The molecule has 0 fully saturated rings. The zero-order chi connectivity index (χ0) is 10.5.